The molecule has 0 fully saturated rings. The van der Waals surface area contributed by atoms with Crippen LogP contribution < -0.4 is 5.32 Å². The molecule has 2 heterocycles. The monoisotopic (exact) mass is 343 g/mol. The van der Waals surface area contributed by atoms with E-state index in [0.29, 0.717) is 28.4 Å². The molecule has 5 heteroatoms. The van der Waals surface area contributed by atoms with Crippen LogP contribution in [0.1, 0.15) is 21.5 Å². The van der Waals surface area contributed by atoms with Crippen LogP contribution in [-0.4, -0.2) is 15.9 Å². The number of pyridine rings is 1. The summed E-state index contributed by atoms with van der Waals surface area (Å²) in [7, 11) is 0. The summed E-state index contributed by atoms with van der Waals surface area (Å²) in [5.41, 5.74) is 5.67. The SMILES string of the molecule is Cc1ccc(C(=O)Nc2ccc(-c3nc4ncccc4o3)cc2)cc1C. The molecule has 0 radical (unpaired) electrons. The molecule has 1 N–H and O–H groups in total. The van der Waals surface area contributed by atoms with Gasteiger partial charge < -0.3 is 9.73 Å². The highest BCUT2D eigenvalue weighted by Crippen LogP contribution is 2.24. The quantitative estimate of drug-likeness (QED) is 0.582. The van der Waals surface area contributed by atoms with E-state index in [1.165, 1.54) is 5.56 Å². The smallest absolute Gasteiger partial charge is 0.255 e. The number of hydrogen-bond donors (Lipinski definition) is 1. The molecule has 4 rings (SSSR count). The fourth-order valence-electron chi connectivity index (χ4n) is 2.67. The van der Waals surface area contributed by atoms with Gasteiger partial charge in [-0.05, 0) is 73.5 Å². The molecule has 1 amide bonds. The lowest BCUT2D eigenvalue weighted by atomic mass is 10.1. The molecule has 4 aromatic rings. The van der Waals surface area contributed by atoms with Gasteiger partial charge in [0.25, 0.3) is 5.91 Å². The van der Waals surface area contributed by atoms with Gasteiger partial charge in [0, 0.05) is 23.0 Å². The number of oxazole rings is 1. The Morgan fingerprint density at radius 2 is 1.81 bits per heavy atom. The van der Waals surface area contributed by atoms with Crippen LogP contribution in [0.2, 0.25) is 0 Å². The maximum atomic E-state index is 12.4. The number of carbonyl (C=O) groups is 1. The van der Waals surface area contributed by atoms with Crippen molar-refractivity contribution >= 4 is 22.8 Å². The van der Waals surface area contributed by atoms with Gasteiger partial charge in [-0.1, -0.05) is 6.07 Å². The zero-order valence-corrected chi connectivity index (χ0v) is 14.5. The summed E-state index contributed by atoms with van der Waals surface area (Å²) in [4.78, 5) is 20.9. The molecule has 0 saturated carbocycles. The highest BCUT2D eigenvalue weighted by Gasteiger charge is 2.10. The summed E-state index contributed by atoms with van der Waals surface area (Å²) < 4.78 is 5.71. The van der Waals surface area contributed by atoms with E-state index in [-0.39, 0.29) is 5.91 Å². The summed E-state index contributed by atoms with van der Waals surface area (Å²) in [5.74, 6) is 0.373. The van der Waals surface area contributed by atoms with Crippen LogP contribution in [0, 0.1) is 13.8 Å². The summed E-state index contributed by atoms with van der Waals surface area (Å²) in [5, 5.41) is 2.91. The predicted octanol–water partition coefficient (Wildman–Crippen LogP) is 4.76. The largest absolute Gasteiger partial charge is 0.434 e. The molecule has 0 saturated heterocycles. The molecule has 26 heavy (non-hydrogen) atoms. The Hall–Kier alpha value is -3.47. The first-order valence-corrected chi connectivity index (χ1v) is 8.31. The summed E-state index contributed by atoms with van der Waals surface area (Å²) in [6.45, 7) is 4.02. The van der Waals surface area contributed by atoms with Crippen LogP contribution >= 0.6 is 0 Å². The maximum Gasteiger partial charge on any atom is 0.255 e. The van der Waals surface area contributed by atoms with Gasteiger partial charge in [0.05, 0.1) is 0 Å². The number of rotatable bonds is 3. The Labute approximate surface area is 150 Å². The second-order valence-corrected chi connectivity index (χ2v) is 6.17. The Bertz CT molecular complexity index is 1060. The molecule has 2 aromatic carbocycles. The van der Waals surface area contributed by atoms with E-state index in [4.69, 9.17) is 4.42 Å². The average molecular weight is 343 g/mol. The van der Waals surface area contributed by atoms with Crippen molar-refractivity contribution in [3.05, 3.63) is 77.5 Å². The van der Waals surface area contributed by atoms with Gasteiger partial charge in [-0.25, -0.2) is 4.98 Å². The Kier molecular flexibility index (Phi) is 3.97. The third-order valence-corrected chi connectivity index (χ3v) is 4.32. The van der Waals surface area contributed by atoms with Gasteiger partial charge in [0.15, 0.2) is 11.2 Å². The number of aryl methyl sites for hydroxylation is 2. The third-order valence-electron chi connectivity index (χ3n) is 4.32. The van der Waals surface area contributed by atoms with Crippen molar-refractivity contribution in [2.75, 3.05) is 5.32 Å². The van der Waals surface area contributed by atoms with Crippen LogP contribution in [0.3, 0.4) is 0 Å². The zero-order valence-electron chi connectivity index (χ0n) is 14.5. The highest BCUT2D eigenvalue weighted by atomic mass is 16.3. The molecule has 0 unspecified atom stereocenters. The fraction of sp³-hybridized carbons (Fsp3) is 0.0952. The second kappa shape index (κ2) is 6.44. The number of benzene rings is 2. The van der Waals surface area contributed by atoms with Gasteiger partial charge in [0.2, 0.25) is 5.89 Å². The van der Waals surface area contributed by atoms with E-state index in [1.54, 1.807) is 6.20 Å². The molecular weight excluding hydrogens is 326 g/mol. The van der Waals surface area contributed by atoms with Crippen molar-refractivity contribution in [1.29, 1.82) is 0 Å². The van der Waals surface area contributed by atoms with E-state index in [0.717, 1.165) is 11.1 Å². The van der Waals surface area contributed by atoms with E-state index >= 15 is 0 Å². The molecular formula is C21H17N3O2. The molecule has 5 nitrogen and oxygen atoms in total. The minimum Gasteiger partial charge on any atom is -0.434 e. The number of aromatic nitrogens is 2. The molecule has 0 aliphatic rings. The predicted molar refractivity (Wildman–Crippen MR) is 101 cm³/mol. The van der Waals surface area contributed by atoms with Gasteiger partial charge in [0.1, 0.15) is 0 Å². The van der Waals surface area contributed by atoms with Gasteiger partial charge in [-0.3, -0.25) is 4.79 Å². The van der Waals surface area contributed by atoms with Crippen LogP contribution in [0.15, 0.2) is 65.2 Å². The van der Waals surface area contributed by atoms with Crippen LogP contribution in [0.25, 0.3) is 22.7 Å². The molecule has 128 valence electrons. The topological polar surface area (TPSA) is 68.0 Å². The van der Waals surface area contributed by atoms with Gasteiger partial charge >= 0.3 is 0 Å². The van der Waals surface area contributed by atoms with Gasteiger partial charge in [-0.2, -0.15) is 4.98 Å². The average Bonchev–Trinajstić information content (AvgIpc) is 3.08. The number of nitrogens with one attached hydrogen (secondary N) is 1. The summed E-state index contributed by atoms with van der Waals surface area (Å²) >= 11 is 0. The van der Waals surface area contributed by atoms with Crippen molar-refractivity contribution in [2.24, 2.45) is 0 Å². The normalized spacial score (nSPS) is 10.8. The standard InChI is InChI=1S/C21H17N3O2/c1-13-5-6-16(12-14(13)2)20(25)23-17-9-7-15(8-10-17)21-24-19-18(26-21)4-3-11-22-19/h3-12H,1-2H3,(H,23,25). The van der Waals surface area contributed by atoms with Crippen LogP contribution in [0.4, 0.5) is 5.69 Å². The summed E-state index contributed by atoms with van der Waals surface area (Å²) in [6, 6.07) is 16.7. The Morgan fingerprint density at radius 1 is 1.00 bits per heavy atom. The first-order chi connectivity index (χ1) is 12.6. The van der Waals surface area contributed by atoms with E-state index in [2.05, 4.69) is 15.3 Å². The second-order valence-electron chi connectivity index (χ2n) is 6.17. The van der Waals surface area contributed by atoms with Crippen molar-refractivity contribution in [3.63, 3.8) is 0 Å². The molecule has 0 spiro atoms. The lowest BCUT2D eigenvalue weighted by Crippen LogP contribution is -2.12. The Morgan fingerprint density at radius 3 is 2.54 bits per heavy atom. The number of amides is 1. The van der Waals surface area contributed by atoms with Crippen LogP contribution in [-0.2, 0) is 0 Å². The third kappa shape index (κ3) is 3.07. The number of hydrogen-bond acceptors (Lipinski definition) is 4. The fourth-order valence-corrected chi connectivity index (χ4v) is 2.67. The number of carbonyl (C=O) groups excluding carboxylic acids is 1. The van der Waals surface area contributed by atoms with Crippen molar-refractivity contribution < 1.29 is 9.21 Å². The molecule has 0 aliphatic heterocycles. The minimum atomic E-state index is -0.132. The number of anilines is 1. The van der Waals surface area contributed by atoms with Crippen molar-refractivity contribution in [2.45, 2.75) is 13.8 Å². The first-order valence-electron chi connectivity index (χ1n) is 8.31. The maximum absolute atomic E-state index is 12.4. The summed E-state index contributed by atoms with van der Waals surface area (Å²) in [6.07, 6.45) is 1.68. The number of nitrogens with zero attached hydrogens (tertiary/aromatic N) is 2. The lowest BCUT2D eigenvalue weighted by molar-refractivity contribution is 0.102. The van der Waals surface area contributed by atoms with E-state index in [1.807, 2.05) is 68.4 Å². The van der Waals surface area contributed by atoms with E-state index < -0.39 is 0 Å². The molecule has 0 atom stereocenters. The Balaban J connectivity index is 1.53. The lowest BCUT2D eigenvalue weighted by Gasteiger charge is -2.07. The molecule has 2 aromatic heterocycles. The zero-order chi connectivity index (χ0) is 18.1. The first kappa shape index (κ1) is 16.0. The molecule has 0 bridgehead atoms. The number of fused-ring (bicyclic) bond motifs is 1. The molecule has 0 aliphatic carbocycles. The van der Waals surface area contributed by atoms with Crippen molar-refractivity contribution in [1.82, 2.24) is 9.97 Å². The van der Waals surface area contributed by atoms with Crippen molar-refractivity contribution in [3.8, 4) is 11.5 Å². The highest BCUT2D eigenvalue weighted by molar-refractivity contribution is 6.04. The van der Waals surface area contributed by atoms with E-state index in [9.17, 15) is 4.79 Å². The van der Waals surface area contributed by atoms with Gasteiger partial charge in [-0.15, -0.1) is 0 Å². The van der Waals surface area contributed by atoms with Crippen LogP contribution in [0.5, 0.6) is 0 Å². The minimum absolute atomic E-state index is 0.132.